The Morgan fingerprint density at radius 2 is 1.37 bits per heavy atom. The lowest BCUT2D eigenvalue weighted by molar-refractivity contribution is 1.18. The SMILES string of the molecule is [2H]c1c([2H])c([2H])c(-c2cc(Cl)nc(-c3c([2H])c([2H])c([2H])c([2H])c3[2H])n2)c([2H])c1[2H]. The van der Waals surface area contributed by atoms with Crippen molar-refractivity contribution in [3.63, 3.8) is 0 Å². The third-order valence-electron chi connectivity index (χ3n) is 2.17. The molecule has 19 heavy (non-hydrogen) atoms. The van der Waals surface area contributed by atoms with E-state index in [1.807, 2.05) is 0 Å². The summed E-state index contributed by atoms with van der Waals surface area (Å²) in [5.41, 5.74) is -0.690. The van der Waals surface area contributed by atoms with Gasteiger partial charge in [0, 0.05) is 17.2 Å². The van der Waals surface area contributed by atoms with Crippen molar-refractivity contribution in [2.24, 2.45) is 0 Å². The van der Waals surface area contributed by atoms with Gasteiger partial charge in [-0.05, 0) is 0 Å². The Labute approximate surface area is 130 Å². The predicted octanol–water partition coefficient (Wildman–Crippen LogP) is 4.46. The summed E-state index contributed by atoms with van der Waals surface area (Å²) >= 11 is 6.02. The van der Waals surface area contributed by atoms with Gasteiger partial charge in [-0.2, -0.15) is 0 Å². The van der Waals surface area contributed by atoms with E-state index in [0.29, 0.717) is 0 Å². The molecule has 3 heteroatoms. The van der Waals surface area contributed by atoms with Gasteiger partial charge in [0.15, 0.2) is 5.82 Å². The average molecular weight is 277 g/mol. The number of aromatic nitrogens is 2. The molecular weight excluding hydrogens is 256 g/mol. The lowest BCUT2D eigenvalue weighted by atomic mass is 10.1. The van der Waals surface area contributed by atoms with Crippen LogP contribution in [0.15, 0.2) is 66.5 Å². The summed E-state index contributed by atoms with van der Waals surface area (Å²) in [4.78, 5) is 8.03. The molecule has 2 nitrogen and oxygen atoms in total. The van der Waals surface area contributed by atoms with Gasteiger partial charge < -0.3 is 0 Å². The van der Waals surface area contributed by atoms with Crippen LogP contribution in [0.2, 0.25) is 5.15 Å². The molecule has 0 unspecified atom stereocenters. The van der Waals surface area contributed by atoms with Crippen LogP contribution in [-0.4, -0.2) is 9.97 Å². The molecule has 0 N–H and O–H groups in total. The topological polar surface area (TPSA) is 25.8 Å². The van der Waals surface area contributed by atoms with Crippen LogP contribution < -0.4 is 0 Å². The van der Waals surface area contributed by atoms with Crippen molar-refractivity contribution < 1.29 is 13.7 Å². The van der Waals surface area contributed by atoms with Crippen LogP contribution in [-0.2, 0) is 0 Å². The van der Waals surface area contributed by atoms with Gasteiger partial charge in [-0.1, -0.05) is 72.0 Å². The second kappa shape index (κ2) is 5.21. The molecule has 0 atom stereocenters. The van der Waals surface area contributed by atoms with E-state index in [1.165, 1.54) is 6.07 Å². The van der Waals surface area contributed by atoms with Gasteiger partial charge >= 0.3 is 0 Å². The van der Waals surface area contributed by atoms with Crippen molar-refractivity contribution in [2.75, 3.05) is 0 Å². The number of hydrogen-bond donors (Lipinski definition) is 0. The maximum absolute atomic E-state index is 8.06. The Morgan fingerprint density at radius 3 is 2.00 bits per heavy atom. The minimum atomic E-state index is -0.589. The molecule has 0 aliphatic rings. The van der Waals surface area contributed by atoms with E-state index in [1.54, 1.807) is 0 Å². The summed E-state index contributed by atoms with van der Waals surface area (Å²) in [5.74, 6) is -0.323. The summed E-state index contributed by atoms with van der Waals surface area (Å²) < 4.78 is 78.7. The number of halogens is 1. The number of hydrogen-bond acceptors (Lipinski definition) is 2. The summed E-state index contributed by atoms with van der Waals surface area (Å²) in [7, 11) is 0. The Balaban J connectivity index is 2.37. The van der Waals surface area contributed by atoms with Crippen LogP contribution >= 0.6 is 11.6 Å². The molecule has 92 valence electrons. The zero-order valence-electron chi connectivity index (χ0n) is 19.3. The minimum absolute atomic E-state index is 0.135. The first-order valence-electron chi connectivity index (χ1n) is 10.2. The van der Waals surface area contributed by atoms with E-state index in [4.69, 9.17) is 25.3 Å². The highest BCUT2D eigenvalue weighted by Gasteiger charge is 2.06. The number of benzene rings is 2. The summed E-state index contributed by atoms with van der Waals surface area (Å²) in [5, 5.41) is -0.191. The van der Waals surface area contributed by atoms with E-state index in [9.17, 15) is 0 Å². The van der Waals surface area contributed by atoms with Crippen molar-refractivity contribution >= 4 is 11.6 Å². The van der Waals surface area contributed by atoms with E-state index < -0.39 is 60.4 Å². The molecule has 0 bridgehead atoms. The average Bonchev–Trinajstić information content (AvgIpc) is 2.67. The number of nitrogens with zero attached hydrogens (tertiary/aromatic N) is 2. The quantitative estimate of drug-likeness (QED) is 0.646. The highest BCUT2D eigenvalue weighted by atomic mass is 35.5. The maximum Gasteiger partial charge on any atom is 0.161 e. The largest absolute Gasteiger partial charge is 0.228 e. The molecule has 1 heterocycles. The Kier molecular flexibility index (Phi) is 1.39. The molecule has 0 radical (unpaired) electrons. The summed E-state index contributed by atoms with van der Waals surface area (Å²) in [6.07, 6.45) is 0. The molecule has 0 aliphatic carbocycles. The molecule has 0 amide bonds. The van der Waals surface area contributed by atoms with Gasteiger partial charge in [0.2, 0.25) is 0 Å². The van der Waals surface area contributed by atoms with Gasteiger partial charge in [0.25, 0.3) is 0 Å². The van der Waals surface area contributed by atoms with Crippen LogP contribution in [0.5, 0.6) is 0 Å². The van der Waals surface area contributed by atoms with E-state index in [0.717, 1.165) is 0 Å². The second-order valence-electron chi connectivity index (χ2n) is 3.40. The highest BCUT2D eigenvalue weighted by molar-refractivity contribution is 6.29. The molecule has 2 aromatic carbocycles. The second-order valence-corrected chi connectivity index (χ2v) is 3.79. The first-order chi connectivity index (χ1) is 13.5. The van der Waals surface area contributed by atoms with E-state index in [2.05, 4.69) is 9.97 Å². The molecule has 0 spiro atoms. The summed E-state index contributed by atoms with van der Waals surface area (Å²) in [6.45, 7) is 0. The first-order valence-corrected chi connectivity index (χ1v) is 5.54. The van der Waals surface area contributed by atoms with Crippen LogP contribution in [0.1, 0.15) is 13.7 Å². The molecule has 3 rings (SSSR count). The van der Waals surface area contributed by atoms with Gasteiger partial charge in [-0.25, -0.2) is 9.97 Å². The number of rotatable bonds is 2. The lowest BCUT2D eigenvalue weighted by Gasteiger charge is -2.05. The van der Waals surface area contributed by atoms with Gasteiger partial charge in [-0.3, -0.25) is 0 Å². The van der Waals surface area contributed by atoms with E-state index in [-0.39, 0.29) is 27.8 Å². The maximum atomic E-state index is 8.06. The normalized spacial score (nSPS) is 17.7. The molecule has 0 fully saturated rings. The van der Waals surface area contributed by atoms with Crippen LogP contribution in [0.3, 0.4) is 0 Å². The fourth-order valence-electron chi connectivity index (χ4n) is 1.40. The Bertz CT molecular complexity index is 1040. The van der Waals surface area contributed by atoms with Gasteiger partial charge in [-0.15, -0.1) is 0 Å². The predicted molar refractivity (Wildman–Crippen MR) is 77.9 cm³/mol. The van der Waals surface area contributed by atoms with Gasteiger partial charge in [0.1, 0.15) is 5.15 Å². The fraction of sp³-hybridized carbons (Fsp3) is 0. The highest BCUT2D eigenvalue weighted by Crippen LogP contribution is 2.23. The van der Waals surface area contributed by atoms with Crippen molar-refractivity contribution in [1.82, 2.24) is 9.97 Å². The third-order valence-corrected chi connectivity index (χ3v) is 2.37. The zero-order valence-corrected chi connectivity index (χ0v) is 10.1. The van der Waals surface area contributed by atoms with Crippen molar-refractivity contribution in [1.29, 1.82) is 0 Å². The van der Waals surface area contributed by atoms with Crippen LogP contribution in [0, 0.1) is 0 Å². The lowest BCUT2D eigenvalue weighted by Crippen LogP contribution is -1.92. The molecular formula is C16H11ClN2. The molecule has 0 saturated heterocycles. The standard InChI is InChI=1S/C16H11ClN2/c17-15-11-14(12-7-3-1-4-8-12)18-16(19-15)13-9-5-2-6-10-13/h1-11H/i1D,2D,3D,4D,5D,6D,7D,8D,9D,10D. The van der Waals surface area contributed by atoms with Crippen molar-refractivity contribution in [2.45, 2.75) is 0 Å². The van der Waals surface area contributed by atoms with E-state index >= 15 is 0 Å². The first kappa shape index (κ1) is 5.06. The van der Waals surface area contributed by atoms with Crippen LogP contribution in [0.25, 0.3) is 22.6 Å². The zero-order chi connectivity index (χ0) is 21.8. The Hall–Kier alpha value is -2.19. The van der Waals surface area contributed by atoms with Crippen LogP contribution in [0.4, 0.5) is 0 Å². The monoisotopic (exact) mass is 276 g/mol. The van der Waals surface area contributed by atoms with Crippen molar-refractivity contribution in [3.05, 3.63) is 71.6 Å². The van der Waals surface area contributed by atoms with Crippen molar-refractivity contribution in [3.8, 4) is 22.6 Å². The minimum Gasteiger partial charge on any atom is -0.228 e. The molecule has 1 aromatic heterocycles. The summed E-state index contributed by atoms with van der Waals surface area (Å²) in [6, 6.07) is -4.44. The molecule has 0 saturated carbocycles. The Morgan fingerprint density at radius 1 is 0.789 bits per heavy atom. The molecule has 3 aromatic rings. The third kappa shape index (κ3) is 2.64. The molecule has 0 aliphatic heterocycles. The fourth-order valence-corrected chi connectivity index (χ4v) is 1.58. The smallest absolute Gasteiger partial charge is 0.161 e. The van der Waals surface area contributed by atoms with Gasteiger partial charge in [0.05, 0.1) is 19.4 Å².